The Morgan fingerprint density at radius 3 is 2.89 bits per heavy atom. The molecular formula is C15H20N4. The molecule has 1 fully saturated rings. The minimum absolute atomic E-state index is 0.551. The van der Waals surface area contributed by atoms with E-state index in [1.807, 2.05) is 30.3 Å². The largest absolute Gasteiger partial charge is 0.296 e. The van der Waals surface area contributed by atoms with Gasteiger partial charge in [0, 0.05) is 43.8 Å². The molecule has 1 aliphatic heterocycles. The van der Waals surface area contributed by atoms with Crippen molar-refractivity contribution in [3.05, 3.63) is 48.0 Å². The molecule has 0 spiro atoms. The second kappa shape index (κ2) is 5.53. The highest BCUT2D eigenvalue weighted by atomic mass is 15.3. The van der Waals surface area contributed by atoms with Crippen LogP contribution in [0.3, 0.4) is 0 Å². The fourth-order valence-corrected chi connectivity index (χ4v) is 2.91. The van der Waals surface area contributed by atoms with E-state index in [0.717, 1.165) is 13.0 Å². The van der Waals surface area contributed by atoms with Gasteiger partial charge in [-0.3, -0.25) is 14.6 Å². The van der Waals surface area contributed by atoms with Crippen molar-refractivity contribution in [2.75, 3.05) is 13.1 Å². The maximum atomic E-state index is 4.30. The summed E-state index contributed by atoms with van der Waals surface area (Å²) in [7, 11) is 1.99. The SMILES string of the molecule is Cn1cc(C2CCCN2CCc2ccncc2)cn1. The molecule has 4 nitrogen and oxygen atoms in total. The second-order valence-electron chi connectivity index (χ2n) is 5.25. The zero-order chi connectivity index (χ0) is 13.1. The lowest BCUT2D eigenvalue weighted by Gasteiger charge is -2.23. The Labute approximate surface area is 114 Å². The van der Waals surface area contributed by atoms with E-state index in [1.54, 1.807) is 0 Å². The van der Waals surface area contributed by atoms with Crippen molar-refractivity contribution >= 4 is 0 Å². The van der Waals surface area contributed by atoms with Crippen molar-refractivity contribution in [1.82, 2.24) is 19.7 Å². The molecular weight excluding hydrogens is 236 g/mol. The van der Waals surface area contributed by atoms with Gasteiger partial charge in [0.05, 0.1) is 6.20 Å². The maximum absolute atomic E-state index is 4.30. The van der Waals surface area contributed by atoms with Gasteiger partial charge in [0.15, 0.2) is 0 Å². The third kappa shape index (κ3) is 2.84. The van der Waals surface area contributed by atoms with E-state index in [2.05, 4.69) is 33.3 Å². The molecule has 2 aromatic heterocycles. The van der Waals surface area contributed by atoms with Crippen LogP contribution in [0.4, 0.5) is 0 Å². The first-order chi connectivity index (χ1) is 9.33. The first-order valence-corrected chi connectivity index (χ1v) is 6.94. The van der Waals surface area contributed by atoms with E-state index < -0.39 is 0 Å². The number of pyridine rings is 1. The molecule has 100 valence electrons. The Bertz CT molecular complexity index is 520. The predicted octanol–water partition coefficient (Wildman–Crippen LogP) is 2.19. The molecule has 0 bridgehead atoms. The number of hydrogen-bond acceptors (Lipinski definition) is 3. The monoisotopic (exact) mass is 256 g/mol. The van der Waals surface area contributed by atoms with Crippen LogP contribution in [-0.2, 0) is 13.5 Å². The lowest BCUT2D eigenvalue weighted by molar-refractivity contribution is 0.260. The van der Waals surface area contributed by atoms with E-state index in [1.165, 1.54) is 30.5 Å². The molecule has 1 atom stereocenters. The average molecular weight is 256 g/mol. The Hall–Kier alpha value is -1.68. The molecule has 0 saturated carbocycles. The van der Waals surface area contributed by atoms with Gasteiger partial charge in [-0.1, -0.05) is 0 Å². The quantitative estimate of drug-likeness (QED) is 0.841. The number of aryl methyl sites for hydroxylation is 1. The molecule has 1 aliphatic rings. The number of likely N-dealkylation sites (tertiary alicyclic amines) is 1. The molecule has 0 amide bonds. The van der Waals surface area contributed by atoms with Gasteiger partial charge in [-0.15, -0.1) is 0 Å². The van der Waals surface area contributed by atoms with Crippen LogP contribution in [0.1, 0.15) is 30.0 Å². The summed E-state index contributed by atoms with van der Waals surface area (Å²) < 4.78 is 1.90. The summed E-state index contributed by atoms with van der Waals surface area (Å²) in [6, 6.07) is 4.76. The number of nitrogens with zero attached hydrogens (tertiary/aromatic N) is 4. The highest BCUT2D eigenvalue weighted by molar-refractivity contribution is 5.14. The number of rotatable bonds is 4. The van der Waals surface area contributed by atoms with Gasteiger partial charge < -0.3 is 0 Å². The molecule has 4 heteroatoms. The van der Waals surface area contributed by atoms with E-state index >= 15 is 0 Å². The summed E-state index contributed by atoms with van der Waals surface area (Å²) in [5.74, 6) is 0. The van der Waals surface area contributed by atoms with Crippen molar-refractivity contribution in [2.45, 2.75) is 25.3 Å². The van der Waals surface area contributed by atoms with E-state index in [4.69, 9.17) is 0 Å². The molecule has 0 aliphatic carbocycles. The number of hydrogen-bond donors (Lipinski definition) is 0. The topological polar surface area (TPSA) is 34.0 Å². The van der Waals surface area contributed by atoms with Gasteiger partial charge in [-0.2, -0.15) is 5.10 Å². The third-order valence-corrected chi connectivity index (χ3v) is 3.91. The van der Waals surface area contributed by atoms with Gasteiger partial charge >= 0.3 is 0 Å². The average Bonchev–Trinajstić information content (AvgIpc) is 3.06. The fourth-order valence-electron chi connectivity index (χ4n) is 2.91. The highest BCUT2D eigenvalue weighted by Gasteiger charge is 2.26. The highest BCUT2D eigenvalue weighted by Crippen LogP contribution is 2.31. The maximum Gasteiger partial charge on any atom is 0.0537 e. The lowest BCUT2D eigenvalue weighted by Crippen LogP contribution is -2.25. The smallest absolute Gasteiger partial charge is 0.0537 e. The first kappa shape index (κ1) is 12.4. The molecule has 2 aromatic rings. The van der Waals surface area contributed by atoms with Crippen LogP contribution in [-0.4, -0.2) is 32.8 Å². The minimum atomic E-state index is 0.551. The zero-order valence-electron chi connectivity index (χ0n) is 11.4. The van der Waals surface area contributed by atoms with Crippen LogP contribution < -0.4 is 0 Å². The lowest BCUT2D eigenvalue weighted by atomic mass is 10.1. The normalized spacial score (nSPS) is 19.9. The summed E-state index contributed by atoms with van der Waals surface area (Å²) in [5, 5.41) is 4.30. The minimum Gasteiger partial charge on any atom is -0.296 e. The van der Waals surface area contributed by atoms with Gasteiger partial charge in [-0.25, -0.2) is 0 Å². The van der Waals surface area contributed by atoms with Crippen LogP contribution in [0.5, 0.6) is 0 Å². The van der Waals surface area contributed by atoms with Crippen molar-refractivity contribution in [3.63, 3.8) is 0 Å². The van der Waals surface area contributed by atoms with Gasteiger partial charge in [-0.05, 0) is 43.5 Å². The van der Waals surface area contributed by atoms with Crippen LogP contribution in [0.15, 0.2) is 36.9 Å². The number of aromatic nitrogens is 3. The summed E-state index contributed by atoms with van der Waals surface area (Å²) in [6.07, 6.45) is 11.5. The van der Waals surface area contributed by atoms with Crippen molar-refractivity contribution in [2.24, 2.45) is 7.05 Å². The third-order valence-electron chi connectivity index (χ3n) is 3.91. The standard InChI is InChI=1S/C15H20N4/c1-18-12-14(11-17-18)15-3-2-9-19(15)10-6-13-4-7-16-8-5-13/h4-5,7-8,11-12,15H,2-3,6,9-10H2,1H3. The van der Waals surface area contributed by atoms with Gasteiger partial charge in [0.1, 0.15) is 0 Å². The van der Waals surface area contributed by atoms with E-state index in [9.17, 15) is 0 Å². The summed E-state index contributed by atoms with van der Waals surface area (Å²) in [4.78, 5) is 6.65. The summed E-state index contributed by atoms with van der Waals surface area (Å²) in [5.41, 5.74) is 2.72. The molecule has 1 saturated heterocycles. The molecule has 3 rings (SSSR count). The van der Waals surface area contributed by atoms with E-state index in [-0.39, 0.29) is 0 Å². The van der Waals surface area contributed by atoms with Crippen molar-refractivity contribution in [1.29, 1.82) is 0 Å². The van der Waals surface area contributed by atoms with Gasteiger partial charge in [0.25, 0.3) is 0 Å². The molecule has 19 heavy (non-hydrogen) atoms. The van der Waals surface area contributed by atoms with Crippen molar-refractivity contribution < 1.29 is 0 Å². The van der Waals surface area contributed by atoms with Crippen LogP contribution in [0.25, 0.3) is 0 Å². The predicted molar refractivity (Wildman–Crippen MR) is 74.7 cm³/mol. The molecule has 0 radical (unpaired) electrons. The zero-order valence-corrected chi connectivity index (χ0v) is 11.4. The second-order valence-corrected chi connectivity index (χ2v) is 5.25. The Morgan fingerprint density at radius 1 is 1.32 bits per heavy atom. The Morgan fingerprint density at radius 2 is 2.16 bits per heavy atom. The van der Waals surface area contributed by atoms with Crippen molar-refractivity contribution in [3.8, 4) is 0 Å². The Kier molecular flexibility index (Phi) is 3.60. The first-order valence-electron chi connectivity index (χ1n) is 6.94. The fraction of sp³-hybridized carbons (Fsp3) is 0.467. The molecule has 0 N–H and O–H groups in total. The van der Waals surface area contributed by atoms with Gasteiger partial charge in [0.2, 0.25) is 0 Å². The van der Waals surface area contributed by atoms with E-state index in [0.29, 0.717) is 6.04 Å². The van der Waals surface area contributed by atoms with Crippen LogP contribution in [0.2, 0.25) is 0 Å². The Balaban J connectivity index is 1.64. The summed E-state index contributed by atoms with van der Waals surface area (Å²) in [6.45, 7) is 2.31. The van der Waals surface area contributed by atoms with Crippen LogP contribution >= 0.6 is 0 Å². The summed E-state index contributed by atoms with van der Waals surface area (Å²) >= 11 is 0. The molecule has 3 heterocycles. The molecule has 0 aromatic carbocycles. The van der Waals surface area contributed by atoms with Crippen LogP contribution in [0, 0.1) is 0 Å². The molecule has 1 unspecified atom stereocenters.